The number of nitrogens with one attached hydrogen (secondary N) is 1. The van der Waals surface area contributed by atoms with E-state index in [1.807, 2.05) is 0 Å². The summed E-state index contributed by atoms with van der Waals surface area (Å²) in [5.41, 5.74) is 2.88. The van der Waals surface area contributed by atoms with Crippen molar-refractivity contribution in [3.63, 3.8) is 0 Å². The van der Waals surface area contributed by atoms with Crippen LogP contribution in [0.3, 0.4) is 0 Å². The average Bonchev–Trinajstić information content (AvgIpc) is 3.03. The lowest BCUT2D eigenvalue weighted by Crippen LogP contribution is -2.18. The van der Waals surface area contributed by atoms with Gasteiger partial charge in [-0.3, -0.25) is 0 Å². The third-order valence-electron chi connectivity index (χ3n) is 4.22. The van der Waals surface area contributed by atoms with Gasteiger partial charge in [-0.15, -0.1) is 0 Å². The van der Waals surface area contributed by atoms with Gasteiger partial charge in [0.1, 0.15) is 0 Å². The topological polar surface area (TPSA) is 30.5 Å². The normalized spacial score (nSPS) is 19.7. The van der Waals surface area contributed by atoms with E-state index >= 15 is 0 Å². The molecule has 1 aromatic carbocycles. The number of hydrogen-bond acceptors (Lipinski definition) is 3. The van der Waals surface area contributed by atoms with E-state index in [1.165, 1.54) is 43.2 Å². The number of unbranched alkanes of at least 4 members (excludes halogenated alkanes) is 1. The fraction of sp³-hybridized carbons (Fsp3) is 0.625. The molecule has 1 atom stereocenters. The van der Waals surface area contributed by atoms with Gasteiger partial charge in [0, 0.05) is 5.56 Å². The Morgan fingerprint density at radius 1 is 1.26 bits per heavy atom. The SMILES string of the molecule is CCCCNCCC1CCc2ccc3c(c21)OCO3. The number of benzene rings is 1. The van der Waals surface area contributed by atoms with Crippen molar-refractivity contribution in [2.24, 2.45) is 0 Å². The lowest BCUT2D eigenvalue weighted by molar-refractivity contribution is 0.173. The van der Waals surface area contributed by atoms with Gasteiger partial charge >= 0.3 is 0 Å². The quantitative estimate of drug-likeness (QED) is 0.798. The summed E-state index contributed by atoms with van der Waals surface area (Å²) < 4.78 is 11.2. The van der Waals surface area contributed by atoms with Gasteiger partial charge in [0.05, 0.1) is 0 Å². The molecular weight excluding hydrogens is 238 g/mol. The van der Waals surface area contributed by atoms with Crippen LogP contribution in [0.1, 0.15) is 49.7 Å². The van der Waals surface area contributed by atoms with Crippen molar-refractivity contribution in [1.82, 2.24) is 5.32 Å². The molecule has 1 heterocycles. The summed E-state index contributed by atoms with van der Waals surface area (Å²) in [6.45, 7) is 4.86. The van der Waals surface area contributed by atoms with Crippen LogP contribution in [0.15, 0.2) is 12.1 Å². The van der Waals surface area contributed by atoms with E-state index in [4.69, 9.17) is 9.47 Å². The number of fused-ring (bicyclic) bond motifs is 3. The summed E-state index contributed by atoms with van der Waals surface area (Å²) in [6, 6.07) is 4.27. The summed E-state index contributed by atoms with van der Waals surface area (Å²) >= 11 is 0. The minimum atomic E-state index is 0.382. The van der Waals surface area contributed by atoms with Gasteiger partial charge in [-0.2, -0.15) is 0 Å². The van der Waals surface area contributed by atoms with Crippen molar-refractivity contribution < 1.29 is 9.47 Å². The van der Waals surface area contributed by atoms with Crippen LogP contribution < -0.4 is 14.8 Å². The number of ether oxygens (including phenoxy) is 2. The summed E-state index contributed by atoms with van der Waals surface area (Å²) in [4.78, 5) is 0. The van der Waals surface area contributed by atoms with Gasteiger partial charge < -0.3 is 14.8 Å². The maximum absolute atomic E-state index is 5.67. The Morgan fingerprint density at radius 3 is 3.11 bits per heavy atom. The summed E-state index contributed by atoms with van der Waals surface area (Å²) in [5, 5.41) is 3.54. The van der Waals surface area contributed by atoms with Crippen molar-refractivity contribution in [1.29, 1.82) is 0 Å². The highest BCUT2D eigenvalue weighted by atomic mass is 16.7. The second-order valence-electron chi connectivity index (χ2n) is 5.50. The van der Waals surface area contributed by atoms with Gasteiger partial charge in [-0.1, -0.05) is 19.4 Å². The van der Waals surface area contributed by atoms with Crippen LogP contribution in [0.4, 0.5) is 0 Å². The molecule has 0 spiro atoms. The van der Waals surface area contributed by atoms with Crippen LogP contribution in [0.5, 0.6) is 11.5 Å². The van der Waals surface area contributed by atoms with E-state index in [-0.39, 0.29) is 0 Å². The van der Waals surface area contributed by atoms with E-state index in [0.717, 1.165) is 24.6 Å². The molecule has 0 saturated heterocycles. The standard InChI is InChI=1S/C16H23NO2/c1-2-3-9-17-10-8-13-5-4-12-6-7-14-16(15(12)13)19-11-18-14/h6-7,13,17H,2-5,8-11H2,1H3. The van der Waals surface area contributed by atoms with Crippen molar-refractivity contribution >= 4 is 0 Å². The molecule has 0 aromatic heterocycles. The van der Waals surface area contributed by atoms with Gasteiger partial charge in [0.15, 0.2) is 11.5 Å². The first kappa shape index (κ1) is 12.8. The molecule has 1 N–H and O–H groups in total. The number of hydrogen-bond donors (Lipinski definition) is 1. The van der Waals surface area contributed by atoms with Crippen molar-refractivity contribution in [2.45, 2.75) is 44.9 Å². The fourth-order valence-corrected chi connectivity index (χ4v) is 3.17. The van der Waals surface area contributed by atoms with Gasteiger partial charge in [-0.25, -0.2) is 0 Å². The first-order valence-electron chi connectivity index (χ1n) is 7.52. The van der Waals surface area contributed by atoms with E-state index < -0.39 is 0 Å². The molecule has 1 aliphatic carbocycles. The Bertz CT molecular complexity index is 445. The van der Waals surface area contributed by atoms with Crippen LogP contribution in [0.25, 0.3) is 0 Å². The molecule has 0 fully saturated rings. The second kappa shape index (κ2) is 5.83. The largest absolute Gasteiger partial charge is 0.454 e. The first-order chi connectivity index (χ1) is 9.40. The zero-order valence-electron chi connectivity index (χ0n) is 11.7. The van der Waals surface area contributed by atoms with Crippen molar-refractivity contribution in [3.8, 4) is 11.5 Å². The van der Waals surface area contributed by atoms with Gasteiger partial charge in [0.25, 0.3) is 0 Å². The lowest BCUT2D eigenvalue weighted by Gasteiger charge is -2.14. The molecule has 3 nitrogen and oxygen atoms in total. The molecule has 3 heteroatoms. The molecule has 0 radical (unpaired) electrons. The monoisotopic (exact) mass is 261 g/mol. The second-order valence-corrected chi connectivity index (χ2v) is 5.50. The molecule has 19 heavy (non-hydrogen) atoms. The first-order valence-corrected chi connectivity index (χ1v) is 7.52. The molecule has 0 saturated carbocycles. The van der Waals surface area contributed by atoms with Crippen LogP contribution in [-0.4, -0.2) is 19.9 Å². The molecule has 3 rings (SSSR count). The minimum absolute atomic E-state index is 0.382. The van der Waals surface area contributed by atoms with E-state index in [1.54, 1.807) is 0 Å². The Kier molecular flexibility index (Phi) is 3.92. The summed E-state index contributed by atoms with van der Waals surface area (Å²) in [5.74, 6) is 2.60. The van der Waals surface area contributed by atoms with Crippen LogP contribution in [0.2, 0.25) is 0 Å². The van der Waals surface area contributed by atoms with Crippen molar-refractivity contribution in [2.75, 3.05) is 19.9 Å². The maximum Gasteiger partial charge on any atom is 0.231 e. The van der Waals surface area contributed by atoms with E-state index in [2.05, 4.69) is 24.4 Å². The zero-order chi connectivity index (χ0) is 13.1. The lowest BCUT2D eigenvalue weighted by atomic mass is 9.96. The highest BCUT2D eigenvalue weighted by Gasteiger charge is 2.30. The van der Waals surface area contributed by atoms with E-state index in [0.29, 0.717) is 12.7 Å². The molecule has 104 valence electrons. The van der Waals surface area contributed by atoms with Gasteiger partial charge in [-0.05, 0) is 56.3 Å². The minimum Gasteiger partial charge on any atom is -0.454 e. The average molecular weight is 261 g/mol. The summed E-state index contributed by atoms with van der Waals surface area (Å²) in [7, 11) is 0. The molecule has 1 aliphatic heterocycles. The molecule has 2 aliphatic rings. The third kappa shape index (κ3) is 2.57. The third-order valence-corrected chi connectivity index (χ3v) is 4.22. The highest BCUT2D eigenvalue weighted by Crippen LogP contribution is 2.47. The van der Waals surface area contributed by atoms with Crippen molar-refractivity contribution in [3.05, 3.63) is 23.3 Å². The Labute approximate surface area is 115 Å². The highest BCUT2D eigenvalue weighted by molar-refractivity contribution is 5.55. The van der Waals surface area contributed by atoms with Gasteiger partial charge in [0.2, 0.25) is 6.79 Å². The van der Waals surface area contributed by atoms with E-state index in [9.17, 15) is 0 Å². The van der Waals surface area contributed by atoms with Crippen LogP contribution >= 0.6 is 0 Å². The molecular formula is C16H23NO2. The number of aryl methyl sites for hydroxylation is 1. The maximum atomic E-state index is 5.67. The Balaban J connectivity index is 1.63. The molecule has 0 amide bonds. The fourth-order valence-electron chi connectivity index (χ4n) is 3.17. The zero-order valence-corrected chi connectivity index (χ0v) is 11.7. The predicted molar refractivity (Wildman–Crippen MR) is 76.0 cm³/mol. The summed E-state index contributed by atoms with van der Waals surface area (Å²) in [6.07, 6.45) is 6.18. The molecule has 1 aromatic rings. The van der Waals surface area contributed by atoms with Crippen LogP contribution in [-0.2, 0) is 6.42 Å². The smallest absolute Gasteiger partial charge is 0.231 e. The predicted octanol–water partition coefficient (Wildman–Crippen LogP) is 3.22. The molecule has 1 unspecified atom stereocenters. The number of rotatable bonds is 6. The Hall–Kier alpha value is -1.22. The van der Waals surface area contributed by atoms with Crippen LogP contribution in [0, 0.1) is 0 Å². The Morgan fingerprint density at radius 2 is 2.21 bits per heavy atom. The molecule has 0 bridgehead atoms.